The lowest BCUT2D eigenvalue weighted by Crippen LogP contribution is -2.13. The lowest BCUT2D eigenvalue weighted by molar-refractivity contribution is 0.601. The van der Waals surface area contributed by atoms with Crippen molar-refractivity contribution in [3.05, 3.63) is 47.1 Å². The second-order valence-corrected chi connectivity index (χ2v) is 6.14. The fourth-order valence-corrected chi connectivity index (χ4v) is 2.96. The van der Waals surface area contributed by atoms with Gasteiger partial charge in [-0.3, -0.25) is 4.72 Å². The summed E-state index contributed by atoms with van der Waals surface area (Å²) >= 11 is 5.93. The number of hydrogen-bond acceptors (Lipinski definition) is 5. The van der Waals surface area contributed by atoms with Gasteiger partial charge in [0.2, 0.25) is 0 Å². The topological polar surface area (TPSA) is 94.9 Å². The van der Waals surface area contributed by atoms with Gasteiger partial charge in [0.1, 0.15) is 10.7 Å². The summed E-state index contributed by atoms with van der Waals surface area (Å²) in [7, 11) is -2.19. The van der Waals surface area contributed by atoms with Crippen LogP contribution in [0.25, 0.3) is 0 Å². The van der Waals surface area contributed by atoms with Gasteiger partial charge in [-0.05, 0) is 24.3 Å². The monoisotopic (exact) mass is 322 g/mol. The normalized spacial score (nSPS) is 10.7. The van der Waals surface area contributed by atoms with Gasteiger partial charge in [-0.1, -0.05) is 17.7 Å². The Kier molecular flexibility index (Phi) is 4.31. The third kappa shape index (κ3) is 3.42. The second-order valence-electron chi connectivity index (χ2n) is 4.05. The highest BCUT2D eigenvalue weighted by molar-refractivity contribution is 7.92. The number of benzene rings is 1. The fourth-order valence-electron chi connectivity index (χ4n) is 1.62. The predicted molar refractivity (Wildman–Crippen MR) is 80.8 cm³/mol. The molecule has 1 aromatic carbocycles. The van der Waals surface area contributed by atoms with Gasteiger partial charge in [0.15, 0.2) is 0 Å². The summed E-state index contributed by atoms with van der Waals surface area (Å²) in [6.45, 7) is 0. The Morgan fingerprint density at radius 1 is 1.33 bits per heavy atom. The van der Waals surface area contributed by atoms with Crippen molar-refractivity contribution in [3.8, 4) is 6.07 Å². The molecule has 0 spiro atoms. The standard InChI is InChI=1S/C13H11ClN4O2S/c1-16-13-12(14)6-11(8-17-13)21(19,20)18-10-4-2-3-9(5-10)7-15/h2-6,8,18H,1H3,(H,16,17). The minimum Gasteiger partial charge on any atom is -0.372 e. The van der Waals surface area contributed by atoms with Crippen molar-refractivity contribution in [1.29, 1.82) is 5.26 Å². The molecule has 0 amide bonds. The van der Waals surface area contributed by atoms with Crippen molar-refractivity contribution in [2.24, 2.45) is 0 Å². The number of nitriles is 1. The molecular formula is C13H11ClN4O2S. The van der Waals surface area contributed by atoms with E-state index < -0.39 is 10.0 Å². The first-order valence-electron chi connectivity index (χ1n) is 5.82. The van der Waals surface area contributed by atoms with Crippen molar-refractivity contribution in [3.63, 3.8) is 0 Å². The molecule has 0 saturated heterocycles. The smallest absolute Gasteiger partial charge is 0.263 e. The van der Waals surface area contributed by atoms with Crippen LogP contribution in [0.4, 0.5) is 11.5 Å². The quantitative estimate of drug-likeness (QED) is 0.901. The van der Waals surface area contributed by atoms with Crippen LogP contribution in [-0.2, 0) is 10.0 Å². The highest BCUT2D eigenvalue weighted by atomic mass is 35.5. The van der Waals surface area contributed by atoms with Crippen LogP contribution in [0.5, 0.6) is 0 Å². The van der Waals surface area contributed by atoms with Crippen molar-refractivity contribution in [1.82, 2.24) is 4.98 Å². The van der Waals surface area contributed by atoms with Gasteiger partial charge in [-0.2, -0.15) is 5.26 Å². The van der Waals surface area contributed by atoms with Gasteiger partial charge < -0.3 is 5.32 Å². The van der Waals surface area contributed by atoms with Crippen molar-refractivity contribution in [2.75, 3.05) is 17.1 Å². The van der Waals surface area contributed by atoms with Crippen molar-refractivity contribution in [2.45, 2.75) is 4.90 Å². The number of halogens is 1. The Morgan fingerprint density at radius 3 is 2.71 bits per heavy atom. The van der Waals surface area contributed by atoms with E-state index in [0.717, 1.165) is 0 Å². The maximum atomic E-state index is 12.2. The van der Waals surface area contributed by atoms with Crippen molar-refractivity contribution >= 4 is 33.1 Å². The van der Waals surface area contributed by atoms with E-state index in [1.54, 1.807) is 25.2 Å². The van der Waals surface area contributed by atoms with Crippen molar-refractivity contribution < 1.29 is 8.42 Å². The molecule has 0 atom stereocenters. The first-order chi connectivity index (χ1) is 9.96. The summed E-state index contributed by atoms with van der Waals surface area (Å²) in [4.78, 5) is 3.86. The van der Waals surface area contributed by atoms with E-state index in [0.29, 0.717) is 17.1 Å². The van der Waals surface area contributed by atoms with Gasteiger partial charge >= 0.3 is 0 Å². The zero-order valence-corrected chi connectivity index (χ0v) is 12.5. The number of nitrogens with zero attached hydrogens (tertiary/aromatic N) is 2. The van der Waals surface area contributed by atoms with Crippen LogP contribution in [0.3, 0.4) is 0 Å². The summed E-state index contributed by atoms with van der Waals surface area (Å²) in [5, 5.41) is 11.8. The number of aromatic nitrogens is 1. The average Bonchev–Trinajstić information content (AvgIpc) is 2.47. The van der Waals surface area contributed by atoms with Gasteiger partial charge in [-0.25, -0.2) is 13.4 Å². The van der Waals surface area contributed by atoms with Crippen LogP contribution < -0.4 is 10.0 Å². The fraction of sp³-hybridized carbons (Fsp3) is 0.0769. The summed E-state index contributed by atoms with van der Waals surface area (Å²) in [5.41, 5.74) is 0.653. The highest BCUT2D eigenvalue weighted by Gasteiger charge is 2.16. The first-order valence-corrected chi connectivity index (χ1v) is 7.68. The third-order valence-electron chi connectivity index (χ3n) is 2.61. The maximum Gasteiger partial charge on any atom is 0.263 e. The molecule has 0 bridgehead atoms. The molecular weight excluding hydrogens is 312 g/mol. The molecule has 0 aliphatic carbocycles. The van der Waals surface area contributed by atoms with Gasteiger partial charge in [-0.15, -0.1) is 0 Å². The van der Waals surface area contributed by atoms with Crippen LogP contribution in [0.1, 0.15) is 5.56 Å². The average molecular weight is 323 g/mol. The van der Waals surface area contributed by atoms with Gasteiger partial charge in [0.25, 0.3) is 10.0 Å². The Labute approximate surface area is 127 Å². The molecule has 0 aliphatic heterocycles. The largest absolute Gasteiger partial charge is 0.372 e. The SMILES string of the molecule is CNc1ncc(S(=O)(=O)Nc2cccc(C#N)c2)cc1Cl. The van der Waals surface area contributed by atoms with E-state index in [1.165, 1.54) is 18.3 Å². The summed E-state index contributed by atoms with van der Waals surface area (Å²) in [6.07, 6.45) is 1.20. The predicted octanol–water partition coefficient (Wildman–Crippen LogP) is 2.45. The number of anilines is 2. The number of sulfonamides is 1. The molecule has 0 aliphatic rings. The number of nitrogens with one attached hydrogen (secondary N) is 2. The molecule has 0 fully saturated rings. The van der Waals surface area contributed by atoms with E-state index in [4.69, 9.17) is 16.9 Å². The molecule has 6 nitrogen and oxygen atoms in total. The maximum absolute atomic E-state index is 12.2. The Balaban J connectivity index is 2.34. The summed E-state index contributed by atoms with van der Waals surface area (Å²) in [6, 6.07) is 9.40. The van der Waals surface area contributed by atoms with Crippen LogP contribution in [0.15, 0.2) is 41.4 Å². The lowest BCUT2D eigenvalue weighted by Gasteiger charge is -2.09. The molecule has 0 saturated carbocycles. The van der Waals surface area contributed by atoms with E-state index in [9.17, 15) is 8.42 Å². The molecule has 108 valence electrons. The molecule has 1 aromatic heterocycles. The van der Waals surface area contributed by atoms with Gasteiger partial charge in [0.05, 0.1) is 22.3 Å². The van der Waals surface area contributed by atoms with E-state index in [2.05, 4.69) is 15.0 Å². The van der Waals surface area contributed by atoms with Crippen LogP contribution in [0.2, 0.25) is 5.02 Å². The minimum atomic E-state index is -3.82. The highest BCUT2D eigenvalue weighted by Crippen LogP contribution is 2.23. The molecule has 0 unspecified atom stereocenters. The summed E-state index contributed by atoms with van der Waals surface area (Å²) < 4.78 is 26.9. The van der Waals surface area contributed by atoms with Crippen LogP contribution >= 0.6 is 11.6 Å². The molecule has 2 N–H and O–H groups in total. The van der Waals surface area contributed by atoms with E-state index in [-0.39, 0.29) is 9.92 Å². The molecule has 1 heterocycles. The van der Waals surface area contributed by atoms with Crippen LogP contribution in [-0.4, -0.2) is 20.4 Å². The molecule has 8 heteroatoms. The Hall–Kier alpha value is -2.30. The summed E-state index contributed by atoms with van der Waals surface area (Å²) in [5.74, 6) is 0.391. The Bertz CT molecular complexity index is 815. The number of rotatable bonds is 4. The third-order valence-corrected chi connectivity index (χ3v) is 4.24. The van der Waals surface area contributed by atoms with E-state index >= 15 is 0 Å². The lowest BCUT2D eigenvalue weighted by atomic mass is 10.2. The number of hydrogen-bond donors (Lipinski definition) is 2. The zero-order chi connectivity index (χ0) is 15.5. The van der Waals surface area contributed by atoms with Gasteiger partial charge in [0, 0.05) is 13.2 Å². The molecule has 21 heavy (non-hydrogen) atoms. The molecule has 2 aromatic rings. The molecule has 0 radical (unpaired) electrons. The van der Waals surface area contributed by atoms with Crippen LogP contribution in [0, 0.1) is 11.3 Å². The second kappa shape index (κ2) is 5.99. The minimum absolute atomic E-state index is 0.0612. The number of pyridine rings is 1. The first kappa shape index (κ1) is 15.1. The molecule has 2 rings (SSSR count). The zero-order valence-electron chi connectivity index (χ0n) is 11.0. The van der Waals surface area contributed by atoms with E-state index in [1.807, 2.05) is 6.07 Å². The Morgan fingerprint density at radius 2 is 2.10 bits per heavy atom.